The first-order chi connectivity index (χ1) is 7.59. The maximum absolute atomic E-state index is 11.8. The van der Waals surface area contributed by atoms with E-state index in [-0.39, 0.29) is 17.4 Å². The second kappa shape index (κ2) is 3.61. The number of rotatable bonds is 3. The van der Waals surface area contributed by atoms with Crippen molar-refractivity contribution >= 4 is 11.6 Å². The van der Waals surface area contributed by atoms with Gasteiger partial charge in [0.25, 0.3) is 11.6 Å². The Balaban J connectivity index is 2.41. The zero-order valence-electron chi connectivity index (χ0n) is 8.28. The number of carbonyl (C=O) groups excluding carboxylic acids is 1. The third kappa shape index (κ3) is 1.58. The molecule has 0 aromatic carbocycles. The van der Waals surface area contributed by atoms with Gasteiger partial charge < -0.3 is 19.1 Å². The first-order valence-corrected chi connectivity index (χ1v) is 4.35. The molecule has 2 aromatic heterocycles. The average molecular weight is 221 g/mol. The molecule has 0 amide bonds. The fourth-order valence-corrected chi connectivity index (χ4v) is 1.27. The third-order valence-electron chi connectivity index (χ3n) is 2.00. The van der Waals surface area contributed by atoms with Crippen molar-refractivity contribution in [2.24, 2.45) is 7.05 Å². The van der Waals surface area contributed by atoms with Gasteiger partial charge in [-0.3, -0.25) is 4.79 Å². The number of ketones is 1. The summed E-state index contributed by atoms with van der Waals surface area (Å²) in [5.74, 6) is -0.775. The summed E-state index contributed by atoms with van der Waals surface area (Å²) in [5.41, 5.74) is 0. The van der Waals surface area contributed by atoms with Crippen molar-refractivity contribution < 1.29 is 14.1 Å². The summed E-state index contributed by atoms with van der Waals surface area (Å²) < 4.78 is 6.20. The highest BCUT2D eigenvalue weighted by Gasteiger charge is 2.25. The van der Waals surface area contributed by atoms with Gasteiger partial charge in [0.05, 0.1) is 6.26 Å². The smallest absolute Gasteiger partial charge is 0.382 e. The van der Waals surface area contributed by atoms with Crippen LogP contribution in [-0.2, 0) is 7.05 Å². The number of aromatic nitrogens is 2. The van der Waals surface area contributed by atoms with Crippen LogP contribution in [0.2, 0.25) is 0 Å². The second-order valence-electron chi connectivity index (χ2n) is 3.10. The van der Waals surface area contributed by atoms with Gasteiger partial charge in [-0.25, -0.2) is 0 Å². The van der Waals surface area contributed by atoms with Crippen molar-refractivity contribution in [2.75, 3.05) is 0 Å². The topological polar surface area (TPSA) is 91.2 Å². The van der Waals surface area contributed by atoms with Gasteiger partial charge in [-0.05, 0) is 22.0 Å². The molecule has 0 aliphatic rings. The Bertz CT molecular complexity index is 541. The molecule has 0 saturated heterocycles. The molecule has 0 bridgehead atoms. The quantitative estimate of drug-likeness (QED) is 0.440. The van der Waals surface area contributed by atoms with Gasteiger partial charge >= 0.3 is 5.82 Å². The van der Waals surface area contributed by atoms with Crippen LogP contribution in [0.3, 0.4) is 0 Å². The van der Waals surface area contributed by atoms with Crippen LogP contribution in [0.15, 0.2) is 29.0 Å². The molecule has 0 aliphatic heterocycles. The van der Waals surface area contributed by atoms with E-state index < -0.39 is 10.7 Å². The molecule has 0 saturated carbocycles. The number of nitrogens with zero attached hydrogens (tertiary/aromatic N) is 3. The van der Waals surface area contributed by atoms with Gasteiger partial charge in [-0.15, -0.1) is 0 Å². The van der Waals surface area contributed by atoms with E-state index in [9.17, 15) is 14.9 Å². The van der Waals surface area contributed by atoms with Gasteiger partial charge in [-0.1, -0.05) is 0 Å². The van der Waals surface area contributed by atoms with Crippen LogP contribution >= 0.6 is 0 Å². The minimum Gasteiger partial charge on any atom is -0.461 e. The van der Waals surface area contributed by atoms with Crippen LogP contribution in [0, 0.1) is 10.1 Å². The number of nitro groups is 1. The van der Waals surface area contributed by atoms with E-state index in [0.717, 1.165) is 0 Å². The Morgan fingerprint density at radius 2 is 2.38 bits per heavy atom. The molecule has 2 heterocycles. The number of imidazole rings is 1. The maximum atomic E-state index is 11.8. The predicted octanol–water partition coefficient (Wildman–Crippen LogP) is 1.15. The minimum absolute atomic E-state index is 0.0262. The Morgan fingerprint density at radius 3 is 2.88 bits per heavy atom. The number of furan rings is 1. The lowest BCUT2D eigenvalue weighted by Crippen LogP contribution is -2.07. The van der Waals surface area contributed by atoms with Crippen LogP contribution in [0.1, 0.15) is 16.4 Å². The molecule has 0 N–H and O–H groups in total. The van der Waals surface area contributed by atoms with E-state index in [1.165, 1.54) is 30.1 Å². The third-order valence-corrected chi connectivity index (χ3v) is 2.00. The van der Waals surface area contributed by atoms with Crippen LogP contribution in [-0.4, -0.2) is 20.3 Å². The van der Waals surface area contributed by atoms with Crippen molar-refractivity contribution in [1.82, 2.24) is 9.55 Å². The number of hydrogen-bond acceptors (Lipinski definition) is 5. The largest absolute Gasteiger partial charge is 0.461 e. The molecule has 0 aliphatic carbocycles. The molecule has 0 unspecified atom stereocenters. The number of carbonyl (C=O) groups is 1. The lowest BCUT2D eigenvalue weighted by atomic mass is 10.3. The molecular formula is C9H7N3O4. The van der Waals surface area contributed by atoms with E-state index in [1.807, 2.05) is 0 Å². The number of hydrogen-bond donors (Lipinski definition) is 0. The first kappa shape index (κ1) is 10.1. The fourth-order valence-electron chi connectivity index (χ4n) is 1.27. The fraction of sp³-hybridized carbons (Fsp3) is 0.111. The van der Waals surface area contributed by atoms with Crippen molar-refractivity contribution in [3.8, 4) is 0 Å². The molecule has 0 fully saturated rings. The Hall–Kier alpha value is -2.44. The van der Waals surface area contributed by atoms with Crippen LogP contribution < -0.4 is 0 Å². The van der Waals surface area contributed by atoms with E-state index in [4.69, 9.17) is 4.42 Å². The average Bonchev–Trinajstić information content (AvgIpc) is 2.84. The van der Waals surface area contributed by atoms with Crippen molar-refractivity contribution in [2.45, 2.75) is 0 Å². The van der Waals surface area contributed by atoms with Crippen LogP contribution in [0.5, 0.6) is 0 Å². The molecular weight excluding hydrogens is 214 g/mol. The summed E-state index contributed by atoms with van der Waals surface area (Å²) in [7, 11) is 1.51. The molecule has 7 heteroatoms. The van der Waals surface area contributed by atoms with Crippen LogP contribution in [0.4, 0.5) is 5.82 Å². The highest BCUT2D eigenvalue weighted by molar-refractivity contribution is 6.04. The molecule has 16 heavy (non-hydrogen) atoms. The zero-order chi connectivity index (χ0) is 11.7. The lowest BCUT2D eigenvalue weighted by Gasteiger charge is -1.91. The van der Waals surface area contributed by atoms with E-state index >= 15 is 0 Å². The summed E-state index contributed by atoms with van der Waals surface area (Å²) in [5, 5.41) is 10.5. The molecule has 0 spiro atoms. The molecule has 82 valence electrons. The standard InChI is InChI=1S/C9H7N3O4/c1-11-5-7(12(14)15)10-9(11)8(13)6-3-2-4-16-6/h2-5H,1H3. The molecule has 2 rings (SSSR count). The van der Waals surface area contributed by atoms with Crippen molar-refractivity contribution in [3.63, 3.8) is 0 Å². The highest BCUT2D eigenvalue weighted by Crippen LogP contribution is 2.13. The van der Waals surface area contributed by atoms with E-state index in [2.05, 4.69) is 4.98 Å². The van der Waals surface area contributed by atoms with Crippen molar-refractivity contribution in [3.05, 3.63) is 46.3 Å². The Morgan fingerprint density at radius 1 is 1.62 bits per heavy atom. The summed E-state index contributed by atoms with van der Waals surface area (Å²) in [6, 6.07) is 3.04. The molecule has 0 radical (unpaired) electrons. The lowest BCUT2D eigenvalue weighted by molar-refractivity contribution is -0.389. The van der Waals surface area contributed by atoms with Gasteiger partial charge in [0.1, 0.15) is 6.20 Å². The monoisotopic (exact) mass is 221 g/mol. The summed E-state index contributed by atoms with van der Waals surface area (Å²) in [4.78, 5) is 25.2. The second-order valence-corrected chi connectivity index (χ2v) is 3.10. The molecule has 0 atom stereocenters. The molecule has 2 aromatic rings. The minimum atomic E-state index is -0.654. The first-order valence-electron chi connectivity index (χ1n) is 4.35. The van der Waals surface area contributed by atoms with Gasteiger partial charge in [0.2, 0.25) is 0 Å². The van der Waals surface area contributed by atoms with Gasteiger partial charge in [0.15, 0.2) is 5.76 Å². The summed E-state index contributed by atoms with van der Waals surface area (Å²) in [6.45, 7) is 0. The number of aryl methyl sites for hydroxylation is 1. The predicted molar refractivity (Wildman–Crippen MR) is 52.0 cm³/mol. The van der Waals surface area contributed by atoms with Crippen LogP contribution in [0.25, 0.3) is 0 Å². The van der Waals surface area contributed by atoms with E-state index in [0.29, 0.717) is 0 Å². The Kier molecular flexibility index (Phi) is 2.28. The summed E-state index contributed by atoms with van der Waals surface area (Å²) in [6.07, 6.45) is 2.53. The SMILES string of the molecule is Cn1cc([N+](=O)[O-])nc1C(=O)c1ccco1. The van der Waals surface area contributed by atoms with Crippen molar-refractivity contribution in [1.29, 1.82) is 0 Å². The van der Waals surface area contributed by atoms with E-state index in [1.54, 1.807) is 6.07 Å². The summed E-state index contributed by atoms with van der Waals surface area (Å²) >= 11 is 0. The molecule has 7 nitrogen and oxygen atoms in total. The van der Waals surface area contributed by atoms with Gasteiger partial charge in [-0.2, -0.15) is 0 Å². The maximum Gasteiger partial charge on any atom is 0.382 e. The zero-order valence-corrected chi connectivity index (χ0v) is 8.28. The Labute approximate surface area is 89.5 Å². The normalized spacial score (nSPS) is 10.3. The highest BCUT2D eigenvalue weighted by atomic mass is 16.6. The van der Waals surface area contributed by atoms with Gasteiger partial charge in [0, 0.05) is 7.05 Å².